The number of aliphatic hydroxyl groups is 1. The van der Waals surface area contributed by atoms with Crippen molar-refractivity contribution in [3.05, 3.63) is 29.1 Å². The lowest BCUT2D eigenvalue weighted by molar-refractivity contribution is 0.280. The van der Waals surface area contributed by atoms with Crippen LogP contribution in [0.25, 0.3) is 11.0 Å². The zero-order chi connectivity index (χ0) is 11.7. The first-order valence-electron chi connectivity index (χ1n) is 5.68. The molecule has 86 valence electrons. The minimum absolute atomic E-state index is 0.226. The summed E-state index contributed by atoms with van der Waals surface area (Å²) < 4.78 is 2.18. The first-order chi connectivity index (χ1) is 7.63. The molecule has 0 amide bonds. The molecule has 0 atom stereocenters. The molecule has 0 fully saturated rings. The van der Waals surface area contributed by atoms with Gasteiger partial charge in [0.2, 0.25) is 0 Å². The van der Waals surface area contributed by atoms with Gasteiger partial charge in [-0.05, 0) is 50.5 Å². The minimum atomic E-state index is 0.226. The summed E-state index contributed by atoms with van der Waals surface area (Å²) in [5.41, 5.74) is 4.80. The van der Waals surface area contributed by atoms with Gasteiger partial charge in [0.1, 0.15) is 5.82 Å². The molecule has 0 aliphatic rings. The van der Waals surface area contributed by atoms with Gasteiger partial charge in [0.05, 0.1) is 11.0 Å². The molecule has 0 saturated carbocycles. The Hall–Kier alpha value is -1.35. The van der Waals surface area contributed by atoms with Crippen LogP contribution in [-0.4, -0.2) is 21.3 Å². The van der Waals surface area contributed by atoms with Crippen LogP contribution >= 0.6 is 0 Å². The van der Waals surface area contributed by atoms with Gasteiger partial charge in [-0.25, -0.2) is 4.98 Å². The third-order valence-electron chi connectivity index (χ3n) is 3.09. The molecule has 0 bridgehead atoms. The number of hydrogen-bond donors (Lipinski definition) is 1. The van der Waals surface area contributed by atoms with Crippen molar-refractivity contribution in [1.29, 1.82) is 0 Å². The molecular weight excluding hydrogens is 200 g/mol. The van der Waals surface area contributed by atoms with E-state index in [9.17, 15) is 0 Å². The maximum atomic E-state index is 8.89. The first kappa shape index (κ1) is 11.1. The number of hydrogen-bond acceptors (Lipinski definition) is 2. The molecule has 0 aliphatic carbocycles. The van der Waals surface area contributed by atoms with Gasteiger partial charge in [-0.1, -0.05) is 0 Å². The molecule has 16 heavy (non-hydrogen) atoms. The van der Waals surface area contributed by atoms with Crippen LogP contribution in [0.2, 0.25) is 0 Å². The van der Waals surface area contributed by atoms with Crippen LogP contribution in [0, 0.1) is 20.8 Å². The van der Waals surface area contributed by atoms with Crippen LogP contribution in [0.1, 0.15) is 23.4 Å². The summed E-state index contributed by atoms with van der Waals surface area (Å²) in [7, 11) is 0. The zero-order valence-corrected chi connectivity index (χ0v) is 10.1. The largest absolute Gasteiger partial charge is 0.396 e. The molecule has 1 N–H and O–H groups in total. The van der Waals surface area contributed by atoms with Crippen molar-refractivity contribution in [3.8, 4) is 0 Å². The summed E-state index contributed by atoms with van der Waals surface area (Å²) in [4.78, 5) is 4.55. The predicted molar refractivity (Wildman–Crippen MR) is 65.6 cm³/mol. The molecule has 0 unspecified atom stereocenters. The molecule has 0 saturated heterocycles. The van der Waals surface area contributed by atoms with Crippen molar-refractivity contribution in [2.24, 2.45) is 0 Å². The molecule has 1 aromatic heterocycles. The monoisotopic (exact) mass is 218 g/mol. The summed E-state index contributed by atoms with van der Waals surface area (Å²) in [5.74, 6) is 1.02. The Kier molecular flexibility index (Phi) is 2.97. The minimum Gasteiger partial charge on any atom is -0.396 e. The Balaban J connectivity index is 2.55. The van der Waals surface area contributed by atoms with Crippen LogP contribution in [0.15, 0.2) is 12.1 Å². The highest BCUT2D eigenvalue weighted by molar-refractivity contribution is 5.78. The number of aryl methyl sites for hydroxylation is 4. The molecule has 2 aromatic rings. The van der Waals surface area contributed by atoms with Crippen LogP contribution in [0.5, 0.6) is 0 Å². The van der Waals surface area contributed by atoms with Crippen molar-refractivity contribution in [1.82, 2.24) is 9.55 Å². The Bertz CT molecular complexity index is 514. The lowest BCUT2D eigenvalue weighted by atomic mass is 10.1. The Morgan fingerprint density at radius 1 is 1.19 bits per heavy atom. The van der Waals surface area contributed by atoms with Gasteiger partial charge in [0.25, 0.3) is 0 Å². The topological polar surface area (TPSA) is 38.0 Å². The van der Waals surface area contributed by atoms with Crippen molar-refractivity contribution >= 4 is 11.0 Å². The van der Waals surface area contributed by atoms with Gasteiger partial charge in [-0.15, -0.1) is 0 Å². The summed E-state index contributed by atoms with van der Waals surface area (Å²) in [6.07, 6.45) is 0.777. The van der Waals surface area contributed by atoms with Gasteiger partial charge >= 0.3 is 0 Å². The van der Waals surface area contributed by atoms with E-state index in [1.807, 2.05) is 6.92 Å². The Morgan fingerprint density at radius 3 is 2.56 bits per heavy atom. The van der Waals surface area contributed by atoms with Crippen LogP contribution in [0.4, 0.5) is 0 Å². The van der Waals surface area contributed by atoms with E-state index >= 15 is 0 Å². The molecule has 0 radical (unpaired) electrons. The van der Waals surface area contributed by atoms with Gasteiger partial charge in [-0.3, -0.25) is 0 Å². The number of aliphatic hydroxyl groups excluding tert-OH is 1. The average molecular weight is 218 g/mol. The van der Waals surface area contributed by atoms with E-state index in [-0.39, 0.29) is 6.61 Å². The van der Waals surface area contributed by atoms with Crippen molar-refractivity contribution in [2.45, 2.75) is 33.7 Å². The van der Waals surface area contributed by atoms with Crippen molar-refractivity contribution < 1.29 is 5.11 Å². The number of benzene rings is 1. The predicted octanol–water partition coefficient (Wildman–Crippen LogP) is 2.34. The molecule has 1 aromatic carbocycles. The Labute approximate surface area is 95.7 Å². The highest BCUT2D eigenvalue weighted by atomic mass is 16.3. The maximum absolute atomic E-state index is 8.89. The summed E-state index contributed by atoms with van der Waals surface area (Å²) in [5, 5.41) is 8.89. The molecule has 3 nitrogen and oxygen atoms in total. The second-order valence-corrected chi connectivity index (χ2v) is 4.31. The van der Waals surface area contributed by atoms with Gasteiger partial charge in [0, 0.05) is 13.2 Å². The molecule has 2 rings (SSSR count). The number of rotatable bonds is 3. The fraction of sp³-hybridized carbons (Fsp3) is 0.462. The lowest BCUT2D eigenvalue weighted by Gasteiger charge is -2.06. The van der Waals surface area contributed by atoms with E-state index in [2.05, 4.69) is 35.5 Å². The van der Waals surface area contributed by atoms with Crippen molar-refractivity contribution in [2.75, 3.05) is 6.61 Å². The molecular formula is C13H18N2O. The van der Waals surface area contributed by atoms with E-state index in [4.69, 9.17) is 5.11 Å². The third-order valence-corrected chi connectivity index (χ3v) is 3.09. The second kappa shape index (κ2) is 4.26. The number of fused-ring (bicyclic) bond motifs is 1. The fourth-order valence-corrected chi connectivity index (χ4v) is 2.01. The molecule has 0 aliphatic heterocycles. The van der Waals surface area contributed by atoms with Gasteiger partial charge in [0.15, 0.2) is 0 Å². The Morgan fingerprint density at radius 2 is 1.88 bits per heavy atom. The normalized spacial score (nSPS) is 11.2. The van der Waals surface area contributed by atoms with Gasteiger partial charge < -0.3 is 9.67 Å². The second-order valence-electron chi connectivity index (χ2n) is 4.31. The number of nitrogens with zero attached hydrogens (tertiary/aromatic N) is 2. The maximum Gasteiger partial charge on any atom is 0.106 e. The van der Waals surface area contributed by atoms with Crippen LogP contribution in [0.3, 0.4) is 0 Å². The van der Waals surface area contributed by atoms with Gasteiger partial charge in [-0.2, -0.15) is 0 Å². The van der Waals surface area contributed by atoms with E-state index in [1.54, 1.807) is 0 Å². The smallest absolute Gasteiger partial charge is 0.106 e. The zero-order valence-electron chi connectivity index (χ0n) is 10.1. The summed E-state index contributed by atoms with van der Waals surface area (Å²) >= 11 is 0. The number of aromatic nitrogens is 2. The van der Waals surface area contributed by atoms with Crippen LogP contribution < -0.4 is 0 Å². The highest BCUT2D eigenvalue weighted by Crippen LogP contribution is 2.20. The van der Waals surface area contributed by atoms with E-state index < -0.39 is 0 Å². The lowest BCUT2D eigenvalue weighted by Crippen LogP contribution is -2.02. The molecule has 0 spiro atoms. The third kappa shape index (κ3) is 1.83. The highest BCUT2D eigenvalue weighted by Gasteiger charge is 2.08. The average Bonchev–Trinajstić information content (AvgIpc) is 2.52. The van der Waals surface area contributed by atoms with E-state index in [0.717, 1.165) is 24.3 Å². The van der Waals surface area contributed by atoms with E-state index in [0.29, 0.717) is 0 Å². The molecule has 1 heterocycles. The van der Waals surface area contributed by atoms with Crippen molar-refractivity contribution in [3.63, 3.8) is 0 Å². The summed E-state index contributed by atoms with van der Waals surface area (Å²) in [6, 6.07) is 4.31. The van der Waals surface area contributed by atoms with Crippen LogP contribution in [-0.2, 0) is 6.54 Å². The SMILES string of the molecule is Cc1cc2nc(C)n(CCCO)c2cc1C. The number of imidazole rings is 1. The summed E-state index contributed by atoms with van der Waals surface area (Å²) in [6.45, 7) is 7.30. The molecule has 3 heteroatoms. The quantitative estimate of drug-likeness (QED) is 0.858. The first-order valence-corrected chi connectivity index (χ1v) is 5.68. The standard InChI is InChI=1S/C13H18N2O/c1-9-7-12-13(8-10(9)2)15(5-4-6-16)11(3)14-12/h7-8,16H,4-6H2,1-3H3. The van der Waals surface area contributed by atoms with E-state index in [1.165, 1.54) is 16.6 Å². The fourth-order valence-electron chi connectivity index (χ4n) is 2.01.